The number of aliphatic hydroxyl groups is 2. The lowest BCUT2D eigenvalue weighted by Crippen LogP contribution is -2.54. The molecule has 3 unspecified atom stereocenters. The fraction of sp³-hybridized carbons (Fsp3) is 1.00. The van der Waals surface area contributed by atoms with Gasteiger partial charge in [-0.3, -0.25) is 0 Å². The molecule has 4 nitrogen and oxygen atoms in total. The van der Waals surface area contributed by atoms with Gasteiger partial charge in [-0.2, -0.15) is 0 Å². The lowest BCUT2D eigenvalue weighted by atomic mass is 9.87. The van der Waals surface area contributed by atoms with Crippen molar-refractivity contribution >= 4 is 0 Å². The molecule has 0 saturated heterocycles. The van der Waals surface area contributed by atoms with Crippen molar-refractivity contribution in [2.45, 2.75) is 38.5 Å². The van der Waals surface area contributed by atoms with Crippen molar-refractivity contribution in [2.75, 3.05) is 6.54 Å². The molecule has 0 saturated carbocycles. The highest BCUT2D eigenvalue weighted by atomic mass is 16.3. The Hall–Kier alpha value is -0.160. The van der Waals surface area contributed by atoms with Gasteiger partial charge in [-0.25, -0.2) is 0 Å². The third kappa shape index (κ3) is 2.71. The quantitative estimate of drug-likeness (QED) is 0.420. The minimum atomic E-state index is -1.34. The van der Waals surface area contributed by atoms with Gasteiger partial charge in [-0.1, -0.05) is 13.8 Å². The fourth-order valence-corrected chi connectivity index (χ4v) is 1.24. The Labute approximate surface area is 73.6 Å². The fourth-order valence-electron chi connectivity index (χ4n) is 1.24. The van der Waals surface area contributed by atoms with Crippen LogP contribution >= 0.6 is 0 Å². The van der Waals surface area contributed by atoms with Crippen LogP contribution < -0.4 is 11.5 Å². The summed E-state index contributed by atoms with van der Waals surface area (Å²) in [6.07, 6.45) is 0.331. The van der Waals surface area contributed by atoms with E-state index in [1.165, 1.54) is 0 Å². The van der Waals surface area contributed by atoms with E-state index in [1.807, 2.05) is 6.92 Å². The van der Waals surface area contributed by atoms with Gasteiger partial charge in [-0.05, 0) is 12.8 Å². The van der Waals surface area contributed by atoms with E-state index in [0.717, 1.165) is 0 Å². The predicted molar refractivity (Wildman–Crippen MR) is 48.3 cm³/mol. The Morgan fingerprint density at radius 3 is 2.17 bits per heavy atom. The molecule has 0 aromatic carbocycles. The van der Waals surface area contributed by atoms with Crippen LogP contribution in [0.25, 0.3) is 0 Å². The summed E-state index contributed by atoms with van der Waals surface area (Å²) in [5.74, 6) is -0.438. The Morgan fingerprint density at radius 1 is 1.42 bits per heavy atom. The Kier molecular flexibility index (Phi) is 4.70. The maximum Gasteiger partial charge on any atom is 0.119 e. The number of rotatable bonds is 5. The van der Waals surface area contributed by atoms with Crippen molar-refractivity contribution in [3.8, 4) is 0 Å². The highest BCUT2D eigenvalue weighted by Gasteiger charge is 2.34. The maximum absolute atomic E-state index is 9.62. The molecule has 6 N–H and O–H groups in total. The first-order valence-electron chi connectivity index (χ1n) is 4.39. The number of hydrogen-bond donors (Lipinski definition) is 4. The lowest BCUT2D eigenvalue weighted by Gasteiger charge is -2.33. The molecule has 0 aromatic rings. The SMILES string of the molecule is CCC(O)C(CN)C(N)(O)CC. The summed E-state index contributed by atoms with van der Waals surface area (Å²) in [4.78, 5) is 0. The summed E-state index contributed by atoms with van der Waals surface area (Å²) in [5.41, 5.74) is 9.63. The van der Waals surface area contributed by atoms with Gasteiger partial charge in [0.25, 0.3) is 0 Å². The molecule has 0 aromatic heterocycles. The minimum Gasteiger partial charge on any atom is -0.393 e. The third-order valence-electron chi connectivity index (χ3n) is 2.35. The molecule has 0 radical (unpaired) electrons. The summed E-state index contributed by atoms with van der Waals surface area (Å²) >= 11 is 0. The number of nitrogens with two attached hydrogens (primary N) is 2. The van der Waals surface area contributed by atoms with Gasteiger partial charge in [0.2, 0.25) is 0 Å². The minimum absolute atomic E-state index is 0.204. The van der Waals surface area contributed by atoms with Gasteiger partial charge in [0.1, 0.15) is 5.72 Å². The van der Waals surface area contributed by atoms with Crippen molar-refractivity contribution in [1.82, 2.24) is 0 Å². The first-order chi connectivity index (χ1) is 5.49. The summed E-state index contributed by atoms with van der Waals surface area (Å²) < 4.78 is 0. The van der Waals surface area contributed by atoms with Crippen molar-refractivity contribution in [2.24, 2.45) is 17.4 Å². The van der Waals surface area contributed by atoms with Crippen LogP contribution in [0.5, 0.6) is 0 Å². The summed E-state index contributed by atoms with van der Waals surface area (Å²) in [7, 11) is 0. The summed E-state index contributed by atoms with van der Waals surface area (Å²) in [6, 6.07) is 0. The second-order valence-electron chi connectivity index (χ2n) is 3.16. The largest absolute Gasteiger partial charge is 0.393 e. The molecule has 0 spiro atoms. The van der Waals surface area contributed by atoms with Crippen LogP contribution in [0.2, 0.25) is 0 Å². The van der Waals surface area contributed by atoms with E-state index in [-0.39, 0.29) is 6.54 Å². The lowest BCUT2D eigenvalue weighted by molar-refractivity contribution is -0.0668. The van der Waals surface area contributed by atoms with Crippen LogP contribution in [0, 0.1) is 5.92 Å². The molecule has 0 rings (SSSR count). The molecule has 12 heavy (non-hydrogen) atoms. The third-order valence-corrected chi connectivity index (χ3v) is 2.35. The molecule has 0 aliphatic rings. The molecule has 4 heteroatoms. The van der Waals surface area contributed by atoms with Gasteiger partial charge in [0.05, 0.1) is 6.10 Å². The zero-order chi connectivity index (χ0) is 9.78. The monoisotopic (exact) mass is 176 g/mol. The standard InChI is InChI=1S/C8H20N2O2/c1-3-7(11)6(5-9)8(10,12)4-2/h6-7,11-12H,3-5,9-10H2,1-2H3. The van der Waals surface area contributed by atoms with Crippen molar-refractivity contribution in [3.63, 3.8) is 0 Å². The van der Waals surface area contributed by atoms with Gasteiger partial charge in [0.15, 0.2) is 0 Å². The summed E-state index contributed by atoms with van der Waals surface area (Å²) in [6.45, 7) is 3.81. The second kappa shape index (κ2) is 4.77. The topological polar surface area (TPSA) is 92.5 Å². The van der Waals surface area contributed by atoms with E-state index in [4.69, 9.17) is 11.5 Å². The van der Waals surface area contributed by atoms with Gasteiger partial charge in [0, 0.05) is 12.5 Å². The average Bonchev–Trinajstić information content (AvgIpc) is 2.05. The van der Waals surface area contributed by atoms with Crippen LogP contribution in [0.15, 0.2) is 0 Å². The molecule has 74 valence electrons. The van der Waals surface area contributed by atoms with Crippen molar-refractivity contribution < 1.29 is 10.2 Å². The molecular formula is C8H20N2O2. The van der Waals surface area contributed by atoms with Gasteiger partial charge < -0.3 is 21.7 Å². The van der Waals surface area contributed by atoms with E-state index in [1.54, 1.807) is 6.92 Å². The Balaban J connectivity index is 4.32. The highest BCUT2D eigenvalue weighted by molar-refractivity contribution is 4.84. The molecule has 0 heterocycles. The van der Waals surface area contributed by atoms with Crippen LogP contribution in [0.3, 0.4) is 0 Å². The average molecular weight is 176 g/mol. The molecular weight excluding hydrogens is 156 g/mol. The molecule has 0 bridgehead atoms. The molecule has 0 aliphatic heterocycles. The van der Waals surface area contributed by atoms with Crippen LogP contribution in [-0.4, -0.2) is 28.6 Å². The van der Waals surface area contributed by atoms with Gasteiger partial charge >= 0.3 is 0 Å². The molecule has 0 amide bonds. The number of aliphatic hydroxyl groups excluding tert-OH is 1. The molecule has 0 fully saturated rings. The first-order valence-corrected chi connectivity index (χ1v) is 4.39. The van der Waals surface area contributed by atoms with E-state index in [0.29, 0.717) is 12.8 Å². The van der Waals surface area contributed by atoms with E-state index in [9.17, 15) is 10.2 Å². The maximum atomic E-state index is 9.62. The highest BCUT2D eigenvalue weighted by Crippen LogP contribution is 2.19. The first kappa shape index (κ1) is 11.8. The predicted octanol–water partition coefficient (Wildman–Crippen LogP) is -0.610. The second-order valence-corrected chi connectivity index (χ2v) is 3.16. The van der Waals surface area contributed by atoms with Crippen LogP contribution in [-0.2, 0) is 0 Å². The van der Waals surface area contributed by atoms with E-state index >= 15 is 0 Å². The zero-order valence-corrected chi connectivity index (χ0v) is 7.83. The van der Waals surface area contributed by atoms with E-state index < -0.39 is 17.7 Å². The number of hydrogen-bond acceptors (Lipinski definition) is 4. The van der Waals surface area contributed by atoms with Crippen molar-refractivity contribution in [1.29, 1.82) is 0 Å². The van der Waals surface area contributed by atoms with Crippen LogP contribution in [0.1, 0.15) is 26.7 Å². The zero-order valence-electron chi connectivity index (χ0n) is 7.83. The smallest absolute Gasteiger partial charge is 0.119 e. The van der Waals surface area contributed by atoms with Crippen molar-refractivity contribution in [3.05, 3.63) is 0 Å². The molecule has 0 aliphatic carbocycles. The van der Waals surface area contributed by atoms with E-state index in [2.05, 4.69) is 0 Å². The summed E-state index contributed by atoms with van der Waals surface area (Å²) in [5, 5.41) is 19.1. The normalized spacial score (nSPS) is 21.5. The Morgan fingerprint density at radius 2 is 1.92 bits per heavy atom. The molecule has 3 atom stereocenters. The van der Waals surface area contributed by atoms with Gasteiger partial charge in [-0.15, -0.1) is 0 Å². The Bertz CT molecular complexity index is 128. The van der Waals surface area contributed by atoms with Crippen LogP contribution in [0.4, 0.5) is 0 Å².